The van der Waals surface area contributed by atoms with Crippen LogP contribution in [-0.2, 0) is 0 Å². The van der Waals surface area contributed by atoms with Crippen molar-refractivity contribution >= 4 is 0 Å². The highest BCUT2D eigenvalue weighted by Crippen LogP contribution is 2.24. The summed E-state index contributed by atoms with van der Waals surface area (Å²) < 4.78 is 39.2. The summed E-state index contributed by atoms with van der Waals surface area (Å²) in [5.41, 5.74) is 6.15. The van der Waals surface area contributed by atoms with Crippen LogP contribution in [0.3, 0.4) is 0 Å². The Labute approximate surface area is 90.6 Å². The van der Waals surface area contributed by atoms with Crippen molar-refractivity contribution in [1.29, 1.82) is 0 Å². The van der Waals surface area contributed by atoms with E-state index in [-0.39, 0.29) is 5.75 Å². The minimum atomic E-state index is -4.70. The molecule has 0 saturated heterocycles. The minimum absolute atomic E-state index is 0.311. The smallest absolute Gasteiger partial charge is 0.406 e. The van der Waals surface area contributed by atoms with E-state index < -0.39 is 18.5 Å². The maximum absolute atomic E-state index is 11.8. The summed E-state index contributed by atoms with van der Waals surface area (Å²) in [4.78, 5) is 0. The molecule has 0 bridgehead atoms. The van der Waals surface area contributed by atoms with Crippen molar-refractivity contribution in [3.63, 3.8) is 0 Å². The molecule has 16 heavy (non-hydrogen) atoms. The summed E-state index contributed by atoms with van der Waals surface area (Å²) in [6.45, 7) is 1.50. The quantitative estimate of drug-likeness (QED) is 0.842. The van der Waals surface area contributed by atoms with Crippen LogP contribution in [0.1, 0.15) is 18.5 Å². The Hall–Kier alpha value is -1.27. The fraction of sp³-hybridized carbons (Fsp3) is 0.400. The second-order valence-corrected chi connectivity index (χ2v) is 3.38. The van der Waals surface area contributed by atoms with Crippen LogP contribution in [0.2, 0.25) is 0 Å². The molecule has 0 aromatic heterocycles. The molecule has 1 rings (SSSR count). The van der Waals surface area contributed by atoms with Gasteiger partial charge in [0.05, 0.1) is 12.1 Å². The first-order valence-electron chi connectivity index (χ1n) is 4.59. The molecule has 0 fully saturated rings. The highest BCUT2D eigenvalue weighted by Gasteiger charge is 2.31. The molecule has 0 radical (unpaired) electrons. The highest BCUT2D eigenvalue weighted by molar-refractivity contribution is 5.29. The van der Waals surface area contributed by atoms with Gasteiger partial charge in [0.1, 0.15) is 5.75 Å². The summed E-state index contributed by atoms with van der Waals surface area (Å²) in [5.74, 6) is -0.311. The van der Waals surface area contributed by atoms with Gasteiger partial charge in [0.25, 0.3) is 0 Å². The van der Waals surface area contributed by atoms with Crippen molar-refractivity contribution in [3.05, 3.63) is 29.8 Å². The molecule has 0 aliphatic carbocycles. The molecule has 0 aliphatic heterocycles. The predicted molar refractivity (Wildman–Crippen MR) is 51.7 cm³/mol. The van der Waals surface area contributed by atoms with Crippen molar-refractivity contribution in [2.45, 2.75) is 25.4 Å². The lowest BCUT2D eigenvalue weighted by Gasteiger charge is -2.15. The predicted octanol–water partition coefficient (Wildman–Crippen LogP) is 1.97. The van der Waals surface area contributed by atoms with E-state index in [2.05, 4.69) is 4.74 Å². The number of rotatable bonds is 3. The molecular formula is C10H12F3NO2. The van der Waals surface area contributed by atoms with E-state index in [4.69, 9.17) is 5.73 Å². The Kier molecular flexibility index (Phi) is 3.77. The lowest BCUT2D eigenvalue weighted by atomic mass is 10.0. The SMILES string of the molecule is CC(O)C(N)c1ccc(OC(F)(F)F)cc1. The van der Waals surface area contributed by atoms with Crippen molar-refractivity contribution < 1.29 is 23.0 Å². The van der Waals surface area contributed by atoms with Gasteiger partial charge in [-0.05, 0) is 24.6 Å². The molecule has 0 aliphatic rings. The number of nitrogens with two attached hydrogens (primary N) is 1. The van der Waals surface area contributed by atoms with Crippen LogP contribution >= 0.6 is 0 Å². The third kappa shape index (κ3) is 3.71. The Bertz CT molecular complexity index is 335. The molecule has 2 atom stereocenters. The number of halogens is 3. The lowest BCUT2D eigenvalue weighted by Crippen LogP contribution is -2.23. The summed E-state index contributed by atoms with van der Waals surface area (Å²) >= 11 is 0. The third-order valence-corrected chi connectivity index (χ3v) is 2.02. The number of alkyl halides is 3. The Morgan fingerprint density at radius 1 is 1.25 bits per heavy atom. The zero-order valence-corrected chi connectivity index (χ0v) is 8.53. The fourth-order valence-corrected chi connectivity index (χ4v) is 1.17. The zero-order valence-electron chi connectivity index (χ0n) is 8.53. The van der Waals surface area contributed by atoms with Crippen LogP contribution in [0.5, 0.6) is 5.75 Å². The third-order valence-electron chi connectivity index (χ3n) is 2.02. The minimum Gasteiger partial charge on any atom is -0.406 e. The van der Waals surface area contributed by atoms with Crippen LogP contribution in [0.25, 0.3) is 0 Å². The van der Waals surface area contributed by atoms with Crippen LogP contribution in [0.15, 0.2) is 24.3 Å². The van der Waals surface area contributed by atoms with E-state index in [1.165, 1.54) is 19.1 Å². The maximum Gasteiger partial charge on any atom is 0.573 e. The Morgan fingerprint density at radius 2 is 1.75 bits per heavy atom. The average Bonchev–Trinajstić information content (AvgIpc) is 2.15. The van der Waals surface area contributed by atoms with Crippen LogP contribution in [0, 0.1) is 0 Å². The highest BCUT2D eigenvalue weighted by atomic mass is 19.4. The Balaban J connectivity index is 2.76. The van der Waals surface area contributed by atoms with Crippen LogP contribution in [-0.4, -0.2) is 17.6 Å². The maximum atomic E-state index is 11.8. The van der Waals surface area contributed by atoms with Crippen molar-refractivity contribution in [2.75, 3.05) is 0 Å². The van der Waals surface area contributed by atoms with Gasteiger partial charge < -0.3 is 15.6 Å². The molecule has 1 aromatic rings. The summed E-state index contributed by atoms with van der Waals surface area (Å²) in [6, 6.07) is 4.47. The molecule has 1 aromatic carbocycles. The van der Waals surface area contributed by atoms with Gasteiger partial charge in [0.2, 0.25) is 0 Å². The summed E-state index contributed by atoms with van der Waals surface area (Å²) in [7, 11) is 0. The van der Waals surface area contributed by atoms with E-state index in [0.29, 0.717) is 5.56 Å². The van der Waals surface area contributed by atoms with Crippen LogP contribution in [0.4, 0.5) is 13.2 Å². The molecule has 0 spiro atoms. The molecule has 0 saturated carbocycles. The second kappa shape index (κ2) is 4.71. The molecule has 2 unspecified atom stereocenters. The van der Waals surface area contributed by atoms with E-state index in [9.17, 15) is 18.3 Å². The Morgan fingerprint density at radius 3 is 2.12 bits per heavy atom. The summed E-state index contributed by atoms with van der Waals surface area (Å²) in [5, 5.41) is 9.19. The van der Waals surface area contributed by atoms with E-state index in [0.717, 1.165) is 12.1 Å². The topological polar surface area (TPSA) is 55.5 Å². The molecule has 0 amide bonds. The van der Waals surface area contributed by atoms with Crippen molar-refractivity contribution in [2.24, 2.45) is 5.73 Å². The first kappa shape index (κ1) is 12.8. The average molecular weight is 235 g/mol. The monoisotopic (exact) mass is 235 g/mol. The van der Waals surface area contributed by atoms with Gasteiger partial charge >= 0.3 is 6.36 Å². The number of hydrogen-bond donors (Lipinski definition) is 2. The molecule has 0 heterocycles. The largest absolute Gasteiger partial charge is 0.573 e. The fourth-order valence-electron chi connectivity index (χ4n) is 1.17. The van der Waals surface area contributed by atoms with E-state index >= 15 is 0 Å². The van der Waals surface area contributed by atoms with E-state index in [1.807, 2.05) is 0 Å². The van der Waals surface area contributed by atoms with Gasteiger partial charge in [-0.3, -0.25) is 0 Å². The van der Waals surface area contributed by atoms with Crippen molar-refractivity contribution in [3.8, 4) is 5.75 Å². The first-order chi connectivity index (χ1) is 7.29. The van der Waals surface area contributed by atoms with Gasteiger partial charge in [-0.25, -0.2) is 0 Å². The molecule has 6 heteroatoms. The van der Waals surface area contributed by atoms with Gasteiger partial charge in [-0.2, -0.15) is 0 Å². The molecule has 90 valence electrons. The molecule has 3 N–H and O–H groups in total. The number of aliphatic hydroxyl groups is 1. The number of aliphatic hydroxyl groups excluding tert-OH is 1. The van der Waals surface area contributed by atoms with Gasteiger partial charge in [-0.15, -0.1) is 13.2 Å². The molecule has 3 nitrogen and oxygen atoms in total. The standard InChI is InChI=1S/C10H12F3NO2/c1-6(15)9(14)7-2-4-8(5-3-7)16-10(11,12)13/h2-6,9,15H,14H2,1H3. The van der Waals surface area contributed by atoms with Crippen molar-refractivity contribution in [1.82, 2.24) is 0 Å². The van der Waals surface area contributed by atoms with Crippen LogP contribution < -0.4 is 10.5 Å². The number of hydrogen-bond acceptors (Lipinski definition) is 3. The van der Waals surface area contributed by atoms with Gasteiger partial charge in [0, 0.05) is 0 Å². The van der Waals surface area contributed by atoms with Gasteiger partial charge in [0.15, 0.2) is 0 Å². The zero-order chi connectivity index (χ0) is 12.3. The van der Waals surface area contributed by atoms with E-state index in [1.54, 1.807) is 0 Å². The lowest BCUT2D eigenvalue weighted by molar-refractivity contribution is -0.274. The van der Waals surface area contributed by atoms with Gasteiger partial charge in [-0.1, -0.05) is 12.1 Å². The second-order valence-electron chi connectivity index (χ2n) is 3.38. The first-order valence-corrected chi connectivity index (χ1v) is 4.59. The number of benzene rings is 1. The summed E-state index contributed by atoms with van der Waals surface area (Å²) in [6.07, 6.45) is -5.47. The normalized spacial score (nSPS) is 15.6. The molecular weight excluding hydrogens is 223 g/mol. The number of ether oxygens (including phenoxy) is 1.